The van der Waals surface area contributed by atoms with Crippen LogP contribution < -0.4 is 4.74 Å². The van der Waals surface area contributed by atoms with Gasteiger partial charge in [0, 0.05) is 5.39 Å². The number of unbranched alkanes of at least 4 members (excludes halogenated alkanes) is 7. The number of rotatable bonds is 11. The molecule has 0 aliphatic rings. The molecule has 0 aliphatic heterocycles. The lowest BCUT2D eigenvalue weighted by molar-refractivity contribution is 0.296. The second-order valence-electron chi connectivity index (χ2n) is 6.41. The first kappa shape index (κ1) is 19.7. The summed E-state index contributed by atoms with van der Waals surface area (Å²) in [7, 11) is -4.35. The van der Waals surface area contributed by atoms with Gasteiger partial charge in [-0.1, -0.05) is 82.2 Å². The van der Waals surface area contributed by atoms with E-state index in [1.165, 1.54) is 38.5 Å². The van der Waals surface area contributed by atoms with Crippen LogP contribution >= 0.6 is 0 Å². The van der Waals surface area contributed by atoms with Crippen molar-refractivity contribution in [3.8, 4) is 5.75 Å². The molecule has 4 nitrogen and oxygen atoms in total. The van der Waals surface area contributed by atoms with Gasteiger partial charge in [-0.05, 0) is 17.9 Å². The van der Waals surface area contributed by atoms with Crippen molar-refractivity contribution in [3.63, 3.8) is 0 Å². The fraction of sp³-hybridized carbons (Fsp3) is 0.500. The average molecular weight is 365 g/mol. The second-order valence-corrected chi connectivity index (χ2v) is 7.77. The first-order chi connectivity index (χ1) is 12.0. The standard InChI is InChI=1S/C20H28O4S/c1-2-3-4-5-6-7-8-11-16-24-19-15-14-17-12-9-10-13-18(17)20(19)25(21,22)23/h9-10,12-15H,2-8,11,16H2,1H3,(H,21,22,23). The van der Waals surface area contributed by atoms with E-state index in [1.54, 1.807) is 18.2 Å². The predicted molar refractivity (Wildman–Crippen MR) is 102 cm³/mol. The van der Waals surface area contributed by atoms with Gasteiger partial charge in [0.2, 0.25) is 0 Å². The van der Waals surface area contributed by atoms with Gasteiger partial charge in [-0.2, -0.15) is 8.42 Å². The third-order valence-corrected chi connectivity index (χ3v) is 5.29. The lowest BCUT2D eigenvalue weighted by Gasteiger charge is -2.12. The number of fused-ring (bicyclic) bond motifs is 1. The Kier molecular flexibility index (Phi) is 7.72. The van der Waals surface area contributed by atoms with Crippen LogP contribution in [0.3, 0.4) is 0 Å². The Morgan fingerprint density at radius 2 is 1.52 bits per heavy atom. The molecule has 0 bridgehead atoms. The van der Waals surface area contributed by atoms with E-state index in [9.17, 15) is 13.0 Å². The molecule has 2 aromatic carbocycles. The van der Waals surface area contributed by atoms with Crippen molar-refractivity contribution in [3.05, 3.63) is 36.4 Å². The molecular formula is C20H28O4S. The zero-order chi connectivity index (χ0) is 18.1. The van der Waals surface area contributed by atoms with Crippen molar-refractivity contribution in [2.45, 2.75) is 63.2 Å². The van der Waals surface area contributed by atoms with E-state index >= 15 is 0 Å². The van der Waals surface area contributed by atoms with Crippen LogP contribution in [-0.2, 0) is 10.1 Å². The molecule has 0 fully saturated rings. The van der Waals surface area contributed by atoms with Crippen LogP contribution in [0.15, 0.2) is 41.3 Å². The highest BCUT2D eigenvalue weighted by atomic mass is 32.2. The normalized spacial score (nSPS) is 11.8. The minimum Gasteiger partial charge on any atom is -0.492 e. The molecule has 0 saturated carbocycles. The Balaban J connectivity index is 1.91. The van der Waals surface area contributed by atoms with Crippen molar-refractivity contribution < 1.29 is 17.7 Å². The van der Waals surface area contributed by atoms with Crippen LogP contribution in [0.1, 0.15) is 58.3 Å². The fourth-order valence-electron chi connectivity index (χ4n) is 3.02. The molecule has 0 saturated heterocycles. The molecule has 0 aliphatic carbocycles. The van der Waals surface area contributed by atoms with Crippen LogP contribution in [0, 0.1) is 0 Å². The smallest absolute Gasteiger partial charge is 0.298 e. The number of hydrogen-bond donors (Lipinski definition) is 1. The van der Waals surface area contributed by atoms with Gasteiger partial charge >= 0.3 is 0 Å². The first-order valence-electron chi connectivity index (χ1n) is 9.16. The molecule has 5 heteroatoms. The quantitative estimate of drug-likeness (QED) is 0.416. The molecule has 0 amide bonds. The Morgan fingerprint density at radius 3 is 2.20 bits per heavy atom. The fourth-order valence-corrected chi connectivity index (χ4v) is 3.87. The summed E-state index contributed by atoms with van der Waals surface area (Å²) < 4.78 is 38.9. The number of benzene rings is 2. The minimum atomic E-state index is -4.35. The molecule has 0 unspecified atom stereocenters. The molecule has 0 heterocycles. The lowest BCUT2D eigenvalue weighted by Crippen LogP contribution is -2.06. The SMILES string of the molecule is CCCCCCCCCCOc1ccc2ccccc2c1S(=O)(=O)O. The Morgan fingerprint density at radius 1 is 0.880 bits per heavy atom. The van der Waals surface area contributed by atoms with E-state index in [2.05, 4.69) is 6.92 Å². The third kappa shape index (κ3) is 6.01. The summed E-state index contributed by atoms with van der Waals surface area (Å²) in [6, 6.07) is 10.5. The number of ether oxygens (including phenoxy) is 1. The third-order valence-electron chi connectivity index (χ3n) is 4.36. The highest BCUT2D eigenvalue weighted by Crippen LogP contribution is 2.32. The molecule has 138 valence electrons. The summed E-state index contributed by atoms with van der Waals surface area (Å²) >= 11 is 0. The van der Waals surface area contributed by atoms with E-state index in [4.69, 9.17) is 4.74 Å². The largest absolute Gasteiger partial charge is 0.492 e. The van der Waals surface area contributed by atoms with E-state index in [0.717, 1.165) is 18.2 Å². The molecule has 25 heavy (non-hydrogen) atoms. The van der Waals surface area contributed by atoms with Crippen LogP contribution in [0.5, 0.6) is 5.75 Å². The van der Waals surface area contributed by atoms with Crippen LogP contribution in [0.25, 0.3) is 10.8 Å². The summed E-state index contributed by atoms with van der Waals surface area (Å²) in [5.74, 6) is 0.226. The first-order valence-corrected chi connectivity index (χ1v) is 10.6. The van der Waals surface area contributed by atoms with E-state index in [1.807, 2.05) is 18.2 Å². The maximum absolute atomic E-state index is 11.8. The summed E-state index contributed by atoms with van der Waals surface area (Å²) in [6.45, 7) is 2.67. The van der Waals surface area contributed by atoms with Gasteiger partial charge in [0.1, 0.15) is 10.6 Å². The van der Waals surface area contributed by atoms with Crippen molar-refractivity contribution in [2.75, 3.05) is 6.61 Å². The minimum absolute atomic E-state index is 0.134. The highest BCUT2D eigenvalue weighted by molar-refractivity contribution is 7.86. The molecule has 1 N–H and O–H groups in total. The molecule has 0 aromatic heterocycles. The van der Waals surface area contributed by atoms with Gasteiger partial charge in [-0.25, -0.2) is 0 Å². The lowest BCUT2D eigenvalue weighted by atomic mass is 10.1. The van der Waals surface area contributed by atoms with Gasteiger partial charge in [0.25, 0.3) is 10.1 Å². The molecule has 2 aromatic rings. The van der Waals surface area contributed by atoms with Crippen molar-refractivity contribution in [2.24, 2.45) is 0 Å². The van der Waals surface area contributed by atoms with Crippen molar-refractivity contribution in [1.82, 2.24) is 0 Å². The highest BCUT2D eigenvalue weighted by Gasteiger charge is 2.20. The maximum Gasteiger partial charge on any atom is 0.298 e. The van der Waals surface area contributed by atoms with Gasteiger partial charge in [-0.3, -0.25) is 4.55 Å². The van der Waals surface area contributed by atoms with E-state index in [0.29, 0.717) is 12.0 Å². The van der Waals surface area contributed by atoms with Gasteiger partial charge in [0.15, 0.2) is 0 Å². The zero-order valence-electron chi connectivity index (χ0n) is 14.9. The molecule has 0 spiro atoms. The molecule has 2 rings (SSSR count). The van der Waals surface area contributed by atoms with Gasteiger partial charge in [-0.15, -0.1) is 0 Å². The van der Waals surface area contributed by atoms with Crippen LogP contribution in [-0.4, -0.2) is 19.6 Å². The summed E-state index contributed by atoms with van der Waals surface area (Å²) in [5.41, 5.74) is 0. The summed E-state index contributed by atoms with van der Waals surface area (Å²) in [6.07, 6.45) is 9.53. The number of hydrogen-bond acceptors (Lipinski definition) is 3. The van der Waals surface area contributed by atoms with E-state index in [-0.39, 0.29) is 10.6 Å². The molecular weight excluding hydrogens is 336 g/mol. The second kappa shape index (κ2) is 9.78. The van der Waals surface area contributed by atoms with Gasteiger partial charge < -0.3 is 4.74 Å². The van der Waals surface area contributed by atoms with Crippen LogP contribution in [0.2, 0.25) is 0 Å². The molecule has 0 radical (unpaired) electrons. The maximum atomic E-state index is 11.8. The summed E-state index contributed by atoms with van der Waals surface area (Å²) in [4.78, 5) is -0.134. The van der Waals surface area contributed by atoms with Crippen molar-refractivity contribution >= 4 is 20.9 Å². The van der Waals surface area contributed by atoms with Crippen LogP contribution in [0.4, 0.5) is 0 Å². The zero-order valence-corrected chi connectivity index (χ0v) is 15.7. The van der Waals surface area contributed by atoms with E-state index < -0.39 is 10.1 Å². The monoisotopic (exact) mass is 364 g/mol. The Labute approximate surface area is 151 Å². The Hall–Kier alpha value is -1.59. The summed E-state index contributed by atoms with van der Waals surface area (Å²) in [5, 5.41) is 1.24. The molecule has 0 atom stereocenters. The van der Waals surface area contributed by atoms with Gasteiger partial charge in [0.05, 0.1) is 6.61 Å². The Bertz CT molecular complexity index is 768. The predicted octanol–water partition coefficient (Wildman–Crippen LogP) is 5.61. The average Bonchev–Trinajstić information content (AvgIpc) is 2.59. The topological polar surface area (TPSA) is 63.6 Å². The van der Waals surface area contributed by atoms with Crippen molar-refractivity contribution in [1.29, 1.82) is 0 Å².